The summed E-state index contributed by atoms with van der Waals surface area (Å²) in [5.74, 6) is 0.723. The molecule has 0 amide bonds. The van der Waals surface area contributed by atoms with Gasteiger partial charge in [-0.25, -0.2) is 4.98 Å². The fourth-order valence-electron chi connectivity index (χ4n) is 1.94. The summed E-state index contributed by atoms with van der Waals surface area (Å²) in [6.45, 7) is 3.97. The number of alkyl halides is 3. The predicted octanol–water partition coefficient (Wildman–Crippen LogP) is 3.18. The predicted molar refractivity (Wildman–Crippen MR) is 66.9 cm³/mol. The Balaban J connectivity index is 2.40. The van der Waals surface area contributed by atoms with Gasteiger partial charge in [-0.05, 0) is 26.0 Å². The molecule has 0 radical (unpaired) electrons. The number of aromatic nitrogens is 3. The number of methoxy groups -OCH3 is 1. The highest BCUT2D eigenvalue weighted by Gasteiger charge is 2.30. The van der Waals surface area contributed by atoms with Crippen molar-refractivity contribution in [1.82, 2.24) is 14.5 Å². The van der Waals surface area contributed by atoms with E-state index in [2.05, 4.69) is 9.97 Å². The van der Waals surface area contributed by atoms with Crippen molar-refractivity contribution in [2.75, 3.05) is 7.11 Å². The molecular formula is C13H14F3N3O. The van der Waals surface area contributed by atoms with Crippen molar-refractivity contribution in [3.63, 3.8) is 0 Å². The molecule has 0 spiro atoms. The molecular weight excluding hydrogens is 271 g/mol. The van der Waals surface area contributed by atoms with E-state index in [1.165, 1.54) is 6.07 Å². The maximum Gasteiger partial charge on any atom is 0.417 e. The Morgan fingerprint density at radius 3 is 2.45 bits per heavy atom. The molecule has 0 unspecified atom stereocenters. The number of ether oxygens (including phenoxy) is 1. The Bertz CT molecular complexity index is 603. The molecule has 0 aliphatic heterocycles. The molecule has 108 valence electrons. The van der Waals surface area contributed by atoms with Crippen LogP contribution in [0.15, 0.2) is 18.3 Å². The lowest BCUT2D eigenvalue weighted by Gasteiger charge is -2.07. The first-order valence-corrected chi connectivity index (χ1v) is 5.91. The average molecular weight is 285 g/mol. The minimum absolute atomic E-state index is 0.339. The van der Waals surface area contributed by atoms with Crippen LogP contribution >= 0.6 is 0 Å². The van der Waals surface area contributed by atoms with Crippen LogP contribution in [0.1, 0.15) is 17.1 Å². The molecule has 7 heteroatoms. The van der Waals surface area contributed by atoms with Crippen molar-refractivity contribution in [2.24, 2.45) is 0 Å². The van der Waals surface area contributed by atoms with E-state index < -0.39 is 11.7 Å². The summed E-state index contributed by atoms with van der Waals surface area (Å²) >= 11 is 0. The maximum absolute atomic E-state index is 12.5. The van der Waals surface area contributed by atoms with Gasteiger partial charge < -0.3 is 9.30 Å². The van der Waals surface area contributed by atoms with Gasteiger partial charge in [-0.15, -0.1) is 0 Å². The molecule has 0 aliphatic rings. The third-order valence-electron chi connectivity index (χ3n) is 3.00. The normalized spacial score (nSPS) is 11.9. The highest BCUT2D eigenvalue weighted by molar-refractivity contribution is 5.57. The lowest BCUT2D eigenvalue weighted by molar-refractivity contribution is -0.137. The number of rotatable bonds is 3. The van der Waals surface area contributed by atoms with Crippen molar-refractivity contribution < 1.29 is 17.9 Å². The Hall–Kier alpha value is -1.89. The Kier molecular flexibility index (Phi) is 3.80. The summed E-state index contributed by atoms with van der Waals surface area (Å²) in [5, 5.41) is 0. The second-order valence-electron chi connectivity index (χ2n) is 4.37. The molecule has 0 saturated carbocycles. The van der Waals surface area contributed by atoms with E-state index in [0.29, 0.717) is 18.1 Å². The van der Waals surface area contributed by atoms with Gasteiger partial charge in [-0.3, -0.25) is 4.98 Å². The van der Waals surface area contributed by atoms with Crippen LogP contribution in [-0.4, -0.2) is 21.6 Å². The van der Waals surface area contributed by atoms with Crippen LogP contribution in [0, 0.1) is 13.8 Å². The molecule has 0 bridgehead atoms. The van der Waals surface area contributed by atoms with Crippen LogP contribution < -0.4 is 0 Å². The van der Waals surface area contributed by atoms with Crippen molar-refractivity contribution >= 4 is 0 Å². The molecule has 2 rings (SSSR count). The van der Waals surface area contributed by atoms with E-state index in [4.69, 9.17) is 4.74 Å². The molecule has 2 heterocycles. The Labute approximate surface area is 114 Å². The van der Waals surface area contributed by atoms with Crippen LogP contribution in [0.3, 0.4) is 0 Å². The summed E-state index contributed by atoms with van der Waals surface area (Å²) in [7, 11) is 1.56. The zero-order valence-electron chi connectivity index (χ0n) is 11.3. The maximum atomic E-state index is 12.5. The van der Waals surface area contributed by atoms with Gasteiger partial charge in [0.15, 0.2) is 0 Å². The van der Waals surface area contributed by atoms with Crippen molar-refractivity contribution in [3.05, 3.63) is 35.4 Å². The van der Waals surface area contributed by atoms with Crippen LogP contribution in [0.5, 0.6) is 0 Å². The zero-order valence-corrected chi connectivity index (χ0v) is 11.3. The van der Waals surface area contributed by atoms with Gasteiger partial charge in [0.05, 0.1) is 11.3 Å². The van der Waals surface area contributed by atoms with Crippen LogP contribution in [0.4, 0.5) is 13.2 Å². The van der Waals surface area contributed by atoms with Crippen LogP contribution in [0.25, 0.3) is 11.4 Å². The molecule has 0 fully saturated rings. The van der Waals surface area contributed by atoms with E-state index >= 15 is 0 Å². The molecule has 0 N–H and O–H groups in total. The number of halogens is 3. The monoisotopic (exact) mass is 285 g/mol. The lowest BCUT2D eigenvalue weighted by Crippen LogP contribution is -2.05. The molecule has 4 nitrogen and oxygen atoms in total. The molecule has 20 heavy (non-hydrogen) atoms. The second-order valence-corrected chi connectivity index (χ2v) is 4.37. The van der Waals surface area contributed by atoms with E-state index in [-0.39, 0.29) is 0 Å². The zero-order chi connectivity index (χ0) is 14.9. The minimum atomic E-state index is -4.38. The van der Waals surface area contributed by atoms with Gasteiger partial charge in [0.1, 0.15) is 18.2 Å². The number of hydrogen-bond donors (Lipinski definition) is 0. The fourth-order valence-corrected chi connectivity index (χ4v) is 1.94. The second kappa shape index (κ2) is 5.24. The summed E-state index contributed by atoms with van der Waals surface area (Å²) < 4.78 is 44.4. The standard InChI is InChI=1S/C13H14F3N3O/c1-8-12(18-9(2)19(8)7-20-3)11-5-4-10(6-17-11)13(14,15)16/h4-6H,7H2,1-3H3. The third-order valence-corrected chi connectivity index (χ3v) is 3.00. The van der Waals surface area contributed by atoms with Gasteiger partial charge in [-0.2, -0.15) is 13.2 Å². The molecule has 2 aromatic heterocycles. The smallest absolute Gasteiger partial charge is 0.364 e. The molecule has 0 aliphatic carbocycles. The fraction of sp³-hybridized carbons (Fsp3) is 0.385. The van der Waals surface area contributed by atoms with E-state index in [9.17, 15) is 13.2 Å². The summed E-state index contributed by atoms with van der Waals surface area (Å²) in [5.41, 5.74) is 1.00. The Morgan fingerprint density at radius 2 is 1.95 bits per heavy atom. The van der Waals surface area contributed by atoms with E-state index in [1.807, 2.05) is 11.5 Å². The van der Waals surface area contributed by atoms with Crippen LogP contribution in [0.2, 0.25) is 0 Å². The largest absolute Gasteiger partial charge is 0.417 e. The summed E-state index contributed by atoms with van der Waals surface area (Å²) in [4.78, 5) is 8.18. The first-order valence-electron chi connectivity index (χ1n) is 5.91. The van der Waals surface area contributed by atoms with Gasteiger partial charge in [-0.1, -0.05) is 0 Å². The highest BCUT2D eigenvalue weighted by Crippen LogP contribution is 2.30. The van der Waals surface area contributed by atoms with E-state index in [1.54, 1.807) is 14.0 Å². The number of pyridine rings is 1. The molecule has 0 saturated heterocycles. The molecule has 2 aromatic rings. The summed E-state index contributed by atoms with van der Waals surface area (Å²) in [6.07, 6.45) is -3.56. The Morgan fingerprint density at radius 1 is 1.25 bits per heavy atom. The van der Waals surface area contributed by atoms with Crippen molar-refractivity contribution in [3.8, 4) is 11.4 Å². The number of hydrogen-bond acceptors (Lipinski definition) is 3. The first kappa shape index (κ1) is 14.5. The van der Waals surface area contributed by atoms with Gasteiger partial charge in [0, 0.05) is 19.0 Å². The number of imidazole rings is 1. The third kappa shape index (κ3) is 2.67. The topological polar surface area (TPSA) is 39.9 Å². The van der Waals surface area contributed by atoms with Gasteiger partial charge in [0.2, 0.25) is 0 Å². The lowest BCUT2D eigenvalue weighted by atomic mass is 10.2. The van der Waals surface area contributed by atoms with Gasteiger partial charge >= 0.3 is 6.18 Å². The average Bonchev–Trinajstić information content (AvgIpc) is 2.66. The van der Waals surface area contributed by atoms with Gasteiger partial charge in [0.25, 0.3) is 0 Å². The highest BCUT2D eigenvalue weighted by atomic mass is 19.4. The minimum Gasteiger partial charge on any atom is -0.364 e. The first-order chi connectivity index (χ1) is 9.34. The molecule has 0 atom stereocenters. The number of aryl methyl sites for hydroxylation is 1. The van der Waals surface area contributed by atoms with Crippen molar-refractivity contribution in [1.29, 1.82) is 0 Å². The SMILES string of the molecule is COCn1c(C)nc(-c2ccc(C(F)(F)F)cn2)c1C. The van der Waals surface area contributed by atoms with Crippen LogP contribution in [-0.2, 0) is 17.6 Å². The molecule has 0 aromatic carbocycles. The van der Waals surface area contributed by atoms with E-state index in [0.717, 1.165) is 23.8 Å². The number of nitrogens with zero attached hydrogens (tertiary/aromatic N) is 3. The quantitative estimate of drug-likeness (QED) is 0.869. The van der Waals surface area contributed by atoms with Crippen molar-refractivity contribution in [2.45, 2.75) is 26.8 Å². The summed E-state index contributed by atoms with van der Waals surface area (Å²) in [6, 6.07) is 2.33.